The molecule has 3 aromatic carbocycles. The number of rotatable bonds is 20. The van der Waals surface area contributed by atoms with Gasteiger partial charge in [-0.15, -0.1) is 18.3 Å². The van der Waals surface area contributed by atoms with E-state index in [2.05, 4.69) is 36.0 Å². The van der Waals surface area contributed by atoms with Gasteiger partial charge in [-0.3, -0.25) is 10.1 Å². The molecular weight excluding hydrogens is 763 g/mol. The minimum Gasteiger partial charge on any atom is -0.493 e. The summed E-state index contributed by atoms with van der Waals surface area (Å²) in [6.45, 7) is 4.73. The summed E-state index contributed by atoms with van der Waals surface area (Å²) < 4.78 is 26.2. The van der Waals surface area contributed by atoms with E-state index in [1.165, 1.54) is 41.2 Å². The number of unbranched alkanes of at least 4 members (excludes halogenated alkanes) is 2. The number of nitrogens with zero attached hydrogens (tertiary/aromatic N) is 3. The molecule has 6 atom stereocenters. The lowest BCUT2D eigenvalue weighted by molar-refractivity contribution is -0.384. The average Bonchev–Trinajstić information content (AvgIpc) is 3.23. The number of thioether (sulfide) groups is 1. The number of aliphatic hydroxyl groups excluding tert-OH is 2. The molecular formula is C44H53N3O10S. The lowest BCUT2D eigenvalue weighted by Gasteiger charge is -2.59. The second-order valence-corrected chi connectivity index (χ2v) is 15.9. The third-order valence-electron chi connectivity index (χ3n) is 11.2. The van der Waals surface area contributed by atoms with Gasteiger partial charge < -0.3 is 38.9 Å². The summed E-state index contributed by atoms with van der Waals surface area (Å²) in [5, 5.41) is 35.5. The van der Waals surface area contributed by atoms with Crippen LogP contribution >= 0.6 is 11.8 Å². The number of fused-ring (bicyclic) bond motifs is 2. The Hall–Kier alpha value is -4.89. The highest BCUT2D eigenvalue weighted by Gasteiger charge is 2.65. The van der Waals surface area contributed by atoms with Crippen molar-refractivity contribution in [2.75, 3.05) is 46.3 Å². The van der Waals surface area contributed by atoms with Gasteiger partial charge in [-0.05, 0) is 85.6 Å². The molecule has 58 heavy (non-hydrogen) atoms. The molecule has 1 fully saturated rings. The van der Waals surface area contributed by atoms with Crippen LogP contribution in [0.4, 0.5) is 10.5 Å². The number of ether oxygens (including phenoxy) is 4. The maximum absolute atomic E-state index is 14.1. The first-order valence-electron chi connectivity index (χ1n) is 19.9. The smallest absolute Gasteiger partial charge is 0.415 e. The average molecular weight is 816 g/mol. The van der Waals surface area contributed by atoms with E-state index in [1.807, 2.05) is 30.3 Å². The number of nitro benzene ring substituents is 1. The van der Waals surface area contributed by atoms with Crippen molar-refractivity contribution in [2.24, 2.45) is 22.9 Å². The van der Waals surface area contributed by atoms with Gasteiger partial charge in [-0.25, -0.2) is 4.79 Å². The van der Waals surface area contributed by atoms with Crippen molar-refractivity contribution < 1.29 is 43.7 Å². The van der Waals surface area contributed by atoms with E-state index in [1.54, 1.807) is 24.9 Å². The Morgan fingerprint density at radius 1 is 1.05 bits per heavy atom. The van der Waals surface area contributed by atoms with Crippen LogP contribution in [0, 0.1) is 27.9 Å². The summed E-state index contributed by atoms with van der Waals surface area (Å²) in [7, 11) is 3.11. The maximum Gasteiger partial charge on any atom is 0.415 e. The SMILES string of the molecule is C=CCOC12Oc3ccc(OCCSc4ccccc4)cc3C3C(CCCCO)C(CCCCO)C=C(C(=NOC)CC1N(C)C(=O)Oc1ccc([N+](=O)[O-])cc1)C32. The minimum absolute atomic E-state index is 0.0529. The Kier molecular flexibility index (Phi) is 14.9. The van der Waals surface area contributed by atoms with E-state index in [9.17, 15) is 25.1 Å². The standard InChI is InChI=1S/C44H53N3O10S/c1-4-24-55-44-40(46(2)43(50)56-32-18-16-31(17-19-32)47(51)52)29-38(45-53-3)36-27-30(12-8-10-22-48)35(15-9-11-23-49)41(42(36)44)37-28-33(20-21-39(37)57-44)54-25-26-58-34-13-6-5-7-14-34/h4-7,13-14,16-21,27-28,30,35,40-42,48-49H,1,8-12,15,22-26,29H2,2-3H3. The molecule has 6 unspecified atom stereocenters. The predicted octanol–water partition coefficient (Wildman–Crippen LogP) is 8.16. The molecule has 2 aliphatic carbocycles. The van der Waals surface area contributed by atoms with Crippen molar-refractivity contribution in [2.45, 2.75) is 67.6 Å². The minimum atomic E-state index is -1.45. The number of carbonyl (C=O) groups excluding carboxylic acids is 1. The Labute approximate surface area is 343 Å². The Balaban J connectivity index is 1.44. The molecule has 3 aromatic rings. The molecule has 0 spiro atoms. The number of aliphatic hydroxyl groups is 2. The number of nitro groups is 1. The molecule has 3 aliphatic rings. The largest absolute Gasteiger partial charge is 0.493 e. The fourth-order valence-corrected chi connectivity index (χ4v) is 9.45. The molecule has 0 radical (unpaired) electrons. The van der Waals surface area contributed by atoms with Crippen LogP contribution < -0.4 is 14.2 Å². The van der Waals surface area contributed by atoms with E-state index >= 15 is 0 Å². The van der Waals surface area contributed by atoms with Crippen molar-refractivity contribution in [3.8, 4) is 17.2 Å². The van der Waals surface area contributed by atoms with Crippen LogP contribution in [0.15, 0.2) is 107 Å². The number of benzene rings is 3. The zero-order valence-electron chi connectivity index (χ0n) is 33.1. The fourth-order valence-electron chi connectivity index (χ4n) is 8.70. The molecule has 13 nitrogen and oxygen atoms in total. The van der Waals surface area contributed by atoms with Crippen molar-refractivity contribution in [3.05, 3.63) is 113 Å². The Morgan fingerprint density at radius 3 is 2.47 bits per heavy atom. The summed E-state index contributed by atoms with van der Waals surface area (Å²) in [5.74, 6) is 0.197. The highest BCUT2D eigenvalue weighted by Crippen LogP contribution is 2.61. The van der Waals surface area contributed by atoms with Gasteiger partial charge in [0.25, 0.3) is 5.69 Å². The molecule has 1 aliphatic heterocycles. The van der Waals surface area contributed by atoms with E-state index in [0.717, 1.165) is 42.6 Å². The number of allylic oxidation sites excluding steroid dienone is 1. The molecule has 310 valence electrons. The zero-order chi connectivity index (χ0) is 41.1. The van der Waals surface area contributed by atoms with E-state index in [4.69, 9.17) is 23.8 Å². The normalized spacial score (nSPS) is 23.8. The second kappa shape index (κ2) is 20.2. The molecule has 1 amide bonds. The van der Waals surface area contributed by atoms with Crippen LogP contribution in [0.5, 0.6) is 17.2 Å². The molecule has 2 N–H and O–H groups in total. The maximum atomic E-state index is 14.1. The quantitative estimate of drug-likeness (QED) is 0.0372. The van der Waals surface area contributed by atoms with Gasteiger partial charge in [-0.2, -0.15) is 0 Å². The van der Waals surface area contributed by atoms with Gasteiger partial charge >= 0.3 is 6.09 Å². The number of non-ortho nitro benzene ring substituents is 1. The topological polar surface area (TPSA) is 162 Å². The number of hydrogen-bond donors (Lipinski definition) is 2. The number of oxime groups is 1. The molecule has 1 saturated carbocycles. The molecule has 1 heterocycles. The molecule has 6 rings (SSSR count). The van der Waals surface area contributed by atoms with Crippen LogP contribution in [0.1, 0.15) is 56.4 Å². The first-order valence-corrected chi connectivity index (χ1v) is 20.8. The predicted molar refractivity (Wildman–Crippen MR) is 222 cm³/mol. The highest BCUT2D eigenvalue weighted by atomic mass is 32.2. The van der Waals surface area contributed by atoms with Gasteiger partial charge in [0.15, 0.2) is 0 Å². The molecule has 0 saturated heterocycles. The van der Waals surface area contributed by atoms with Gasteiger partial charge in [0.1, 0.15) is 30.4 Å². The van der Waals surface area contributed by atoms with Crippen LogP contribution in [-0.2, 0) is 9.57 Å². The second-order valence-electron chi connectivity index (χ2n) is 14.7. The van der Waals surface area contributed by atoms with Crippen molar-refractivity contribution in [1.82, 2.24) is 4.90 Å². The van der Waals surface area contributed by atoms with Gasteiger partial charge in [0, 0.05) is 60.9 Å². The van der Waals surface area contributed by atoms with Crippen LogP contribution in [0.25, 0.3) is 0 Å². The molecule has 0 aromatic heterocycles. The van der Waals surface area contributed by atoms with Crippen LogP contribution in [-0.4, -0.2) is 90.0 Å². The van der Waals surface area contributed by atoms with Gasteiger partial charge in [-0.1, -0.05) is 48.3 Å². The molecule has 0 bridgehead atoms. The summed E-state index contributed by atoms with van der Waals surface area (Å²) in [6, 6.07) is 20.6. The number of carbonyl (C=O) groups is 1. The summed E-state index contributed by atoms with van der Waals surface area (Å²) >= 11 is 1.72. The monoisotopic (exact) mass is 815 g/mol. The Bertz CT molecular complexity index is 1930. The zero-order valence-corrected chi connectivity index (χ0v) is 33.9. The number of hydrogen-bond acceptors (Lipinski definition) is 12. The number of likely N-dealkylation sites (N-methyl/N-ethyl adjacent to an activating group) is 1. The van der Waals surface area contributed by atoms with Gasteiger partial charge in [0.2, 0.25) is 5.79 Å². The van der Waals surface area contributed by atoms with Crippen molar-refractivity contribution in [1.29, 1.82) is 0 Å². The van der Waals surface area contributed by atoms with Crippen LogP contribution in [0.2, 0.25) is 0 Å². The first-order chi connectivity index (χ1) is 28.2. The van der Waals surface area contributed by atoms with Crippen molar-refractivity contribution >= 4 is 29.3 Å². The Morgan fingerprint density at radius 2 is 1.78 bits per heavy atom. The fraction of sp³-hybridized carbons (Fsp3) is 0.455. The molecule has 14 heteroatoms. The first kappa shape index (κ1) is 42.7. The summed E-state index contributed by atoms with van der Waals surface area (Å²) in [4.78, 5) is 32.9. The van der Waals surface area contributed by atoms with E-state index in [0.29, 0.717) is 36.7 Å². The number of amides is 1. The van der Waals surface area contributed by atoms with Gasteiger partial charge in [0.05, 0.1) is 29.8 Å². The third-order valence-corrected chi connectivity index (χ3v) is 12.2. The van der Waals surface area contributed by atoms with E-state index in [-0.39, 0.29) is 55.4 Å². The lowest BCUT2D eigenvalue weighted by atomic mass is 9.55. The van der Waals surface area contributed by atoms with Crippen LogP contribution in [0.3, 0.4) is 0 Å². The highest BCUT2D eigenvalue weighted by molar-refractivity contribution is 7.99. The summed E-state index contributed by atoms with van der Waals surface area (Å²) in [6.07, 6.45) is 7.95. The lowest BCUT2D eigenvalue weighted by Crippen LogP contribution is -2.69. The van der Waals surface area contributed by atoms with Crippen molar-refractivity contribution in [3.63, 3.8) is 0 Å². The summed E-state index contributed by atoms with van der Waals surface area (Å²) in [5.41, 5.74) is 2.38. The van der Waals surface area contributed by atoms with E-state index < -0.39 is 28.8 Å². The third kappa shape index (κ3) is 9.52.